The molecule has 0 spiro atoms. The van der Waals surface area contributed by atoms with Crippen molar-refractivity contribution in [2.45, 2.75) is 101 Å². The third kappa shape index (κ3) is 16.4. The molecule has 0 radical (unpaired) electrons. The lowest BCUT2D eigenvalue weighted by Crippen LogP contribution is -2.24. The number of benzene rings is 2. The van der Waals surface area contributed by atoms with E-state index < -0.39 is 0 Å². The number of amides is 2. The van der Waals surface area contributed by atoms with Crippen molar-refractivity contribution in [1.29, 1.82) is 0 Å². The number of phenolic OH excluding ortho intramolecular Hbond substituents is 2. The van der Waals surface area contributed by atoms with E-state index in [4.69, 9.17) is 0 Å². The van der Waals surface area contributed by atoms with E-state index in [-0.39, 0.29) is 39.9 Å². The van der Waals surface area contributed by atoms with E-state index in [9.17, 15) is 24.6 Å². The van der Waals surface area contributed by atoms with Crippen LogP contribution in [0.15, 0.2) is 166 Å². The summed E-state index contributed by atoms with van der Waals surface area (Å²) in [4.78, 5) is 36.2. The molecule has 7 nitrogen and oxygen atoms in total. The molecular formula is C52H64N2O5. The number of allylic oxidation sites excluding steroid dienone is 18. The molecule has 0 saturated heterocycles. The van der Waals surface area contributed by atoms with Crippen molar-refractivity contribution >= 4 is 29.0 Å². The number of rotatable bonds is 12. The molecule has 0 heterocycles. The zero-order valence-corrected chi connectivity index (χ0v) is 36.7. The Labute approximate surface area is 352 Å². The Morgan fingerprint density at radius 2 is 1.02 bits per heavy atom. The number of carbonyl (C=O) groups is 3. The molecule has 312 valence electrons. The van der Waals surface area contributed by atoms with E-state index in [0.29, 0.717) is 17.8 Å². The van der Waals surface area contributed by atoms with Gasteiger partial charge < -0.3 is 20.8 Å². The van der Waals surface area contributed by atoms with Crippen LogP contribution in [0.1, 0.15) is 101 Å². The van der Waals surface area contributed by atoms with Crippen LogP contribution in [0.4, 0.5) is 11.4 Å². The highest BCUT2D eigenvalue weighted by Crippen LogP contribution is 2.41. The van der Waals surface area contributed by atoms with E-state index in [1.807, 2.05) is 64.2 Å². The lowest BCUT2D eigenvalue weighted by Gasteiger charge is -2.32. The Bertz CT molecular complexity index is 2140. The maximum atomic E-state index is 12.1. The minimum absolute atomic E-state index is 0.00873. The largest absolute Gasteiger partial charge is 0.508 e. The molecule has 0 fully saturated rings. The molecule has 0 aromatic heterocycles. The molecule has 7 heteroatoms. The van der Waals surface area contributed by atoms with E-state index >= 15 is 0 Å². The topological polar surface area (TPSA) is 116 Å². The lowest BCUT2D eigenvalue weighted by molar-refractivity contribution is -0.116. The Hall–Kier alpha value is -5.95. The number of hydrogen-bond donors (Lipinski definition) is 4. The molecule has 4 N–H and O–H groups in total. The number of nitrogens with one attached hydrogen (secondary N) is 2. The molecule has 4 rings (SSSR count). The van der Waals surface area contributed by atoms with E-state index in [0.717, 1.165) is 34.3 Å². The van der Waals surface area contributed by atoms with Gasteiger partial charge in [-0.05, 0) is 154 Å². The maximum Gasteiger partial charge on any atom is 0.248 e. The van der Waals surface area contributed by atoms with E-state index in [1.165, 1.54) is 54.2 Å². The Morgan fingerprint density at radius 1 is 0.593 bits per heavy atom. The van der Waals surface area contributed by atoms with Crippen LogP contribution in [0.25, 0.3) is 0 Å². The predicted octanol–water partition coefficient (Wildman–Crippen LogP) is 12.9. The Morgan fingerprint density at radius 3 is 1.46 bits per heavy atom. The number of Topliss-reactive ketones (excluding diaryl/α,β-unsaturated/α-hetero) is 1. The fourth-order valence-electron chi connectivity index (χ4n) is 6.97. The fraction of sp³-hybridized carbons (Fsp3) is 0.327. The van der Waals surface area contributed by atoms with Crippen molar-refractivity contribution in [2.75, 3.05) is 10.6 Å². The molecule has 2 aliphatic rings. The van der Waals surface area contributed by atoms with Crippen LogP contribution in [0.5, 0.6) is 11.5 Å². The molecular weight excluding hydrogens is 733 g/mol. The first kappa shape index (κ1) is 47.4. The van der Waals surface area contributed by atoms with Gasteiger partial charge in [0.05, 0.1) is 0 Å². The van der Waals surface area contributed by atoms with Crippen LogP contribution in [0.2, 0.25) is 0 Å². The van der Waals surface area contributed by atoms with Gasteiger partial charge in [0.2, 0.25) is 11.8 Å². The van der Waals surface area contributed by atoms with Gasteiger partial charge in [-0.2, -0.15) is 0 Å². The standard InChI is InChI=1S/C26H31NO3.C26H33NO2/c1-18(9-14-23-20(3)24(29)15-16-26(23,4)5)7-6-8-19(2)17-25(30)27-21-10-12-22(28)13-11-21;1-19(11-16-24-21(3)10-7-17-26(24,4)5)8-6-9-20(2)18-25(29)27-22-12-14-23(28)15-13-22/h6-14,17,28H,15-16H2,1-5H3,(H,27,30);6,8-9,11-16,18,28H,7,10,17H2,1-5H3,(H,27,29)/b8-6+,14-9+,18-7+,19-17+;9-6+,16-11+,19-8+,20-18+. The number of ketones is 1. The SMILES string of the molecule is CC1=C(/C=C/C(C)=C/C=C/C(C)=C/C(=O)Nc2ccc(O)cc2)C(C)(C)CCC1.CC1=C(/C=C/C(C)=C/C=C/C(C)=C/C(=O)Nc2ccc(O)cc2)C(C)(C)CCC1=O. The first-order valence-electron chi connectivity index (χ1n) is 20.3. The number of phenols is 2. The molecule has 0 saturated carbocycles. The second kappa shape index (κ2) is 22.3. The van der Waals surface area contributed by atoms with Crippen molar-refractivity contribution in [3.8, 4) is 11.5 Å². The molecule has 0 atom stereocenters. The van der Waals surface area contributed by atoms with Crippen molar-refractivity contribution in [3.05, 3.63) is 166 Å². The number of hydrogen-bond acceptors (Lipinski definition) is 5. The first-order valence-corrected chi connectivity index (χ1v) is 20.3. The van der Waals surface area contributed by atoms with Gasteiger partial charge in [0.1, 0.15) is 11.5 Å². The lowest BCUT2D eigenvalue weighted by atomic mass is 9.72. The Balaban J connectivity index is 0.000000316. The summed E-state index contributed by atoms with van der Waals surface area (Å²) in [6, 6.07) is 12.7. The molecule has 0 unspecified atom stereocenters. The van der Waals surface area contributed by atoms with Gasteiger partial charge in [-0.1, -0.05) is 105 Å². The fourth-order valence-corrected chi connectivity index (χ4v) is 6.97. The molecule has 0 bridgehead atoms. The minimum atomic E-state index is -0.227. The number of anilines is 2. The van der Waals surface area contributed by atoms with Crippen molar-refractivity contribution in [1.82, 2.24) is 0 Å². The smallest absolute Gasteiger partial charge is 0.248 e. The molecule has 2 aromatic rings. The monoisotopic (exact) mass is 796 g/mol. The average Bonchev–Trinajstić information content (AvgIpc) is 3.15. The summed E-state index contributed by atoms with van der Waals surface area (Å²) < 4.78 is 0. The van der Waals surface area contributed by atoms with Gasteiger partial charge >= 0.3 is 0 Å². The number of aromatic hydroxyl groups is 2. The number of carbonyl (C=O) groups excluding carboxylic acids is 3. The van der Waals surface area contributed by atoms with Crippen LogP contribution in [-0.2, 0) is 14.4 Å². The van der Waals surface area contributed by atoms with Crippen molar-refractivity contribution < 1.29 is 24.6 Å². The van der Waals surface area contributed by atoms with Crippen LogP contribution in [0, 0.1) is 10.8 Å². The maximum absolute atomic E-state index is 12.1. The summed E-state index contributed by atoms with van der Waals surface area (Å²) in [5.74, 6) is 0.147. The van der Waals surface area contributed by atoms with Gasteiger partial charge in [0.25, 0.3) is 0 Å². The van der Waals surface area contributed by atoms with Gasteiger partial charge in [-0.3, -0.25) is 14.4 Å². The zero-order chi connectivity index (χ0) is 43.8. The molecule has 2 aliphatic carbocycles. The highest BCUT2D eigenvalue weighted by molar-refractivity contribution is 6.00. The van der Waals surface area contributed by atoms with Gasteiger partial charge in [-0.15, -0.1) is 0 Å². The first-order chi connectivity index (χ1) is 27.7. The summed E-state index contributed by atoms with van der Waals surface area (Å²) in [6.45, 7) is 21.0. The summed E-state index contributed by atoms with van der Waals surface area (Å²) in [7, 11) is 0. The highest BCUT2D eigenvalue weighted by Gasteiger charge is 2.30. The third-order valence-corrected chi connectivity index (χ3v) is 10.5. The van der Waals surface area contributed by atoms with Crippen LogP contribution in [0.3, 0.4) is 0 Å². The van der Waals surface area contributed by atoms with Crippen molar-refractivity contribution in [3.63, 3.8) is 0 Å². The van der Waals surface area contributed by atoms with Gasteiger partial charge in [0.15, 0.2) is 5.78 Å². The third-order valence-electron chi connectivity index (χ3n) is 10.5. The summed E-state index contributed by atoms with van der Waals surface area (Å²) in [5.41, 5.74) is 10.4. The summed E-state index contributed by atoms with van der Waals surface area (Å²) in [6.07, 6.45) is 28.5. The average molecular weight is 797 g/mol. The molecule has 0 aliphatic heterocycles. The predicted molar refractivity (Wildman–Crippen MR) is 246 cm³/mol. The van der Waals surface area contributed by atoms with Gasteiger partial charge in [0, 0.05) is 29.9 Å². The second-order valence-corrected chi connectivity index (χ2v) is 16.8. The summed E-state index contributed by atoms with van der Waals surface area (Å²) in [5, 5.41) is 24.1. The minimum Gasteiger partial charge on any atom is -0.508 e. The molecule has 59 heavy (non-hydrogen) atoms. The van der Waals surface area contributed by atoms with Crippen LogP contribution in [-0.4, -0.2) is 27.8 Å². The zero-order valence-electron chi connectivity index (χ0n) is 36.7. The van der Waals surface area contributed by atoms with Crippen molar-refractivity contribution in [2.24, 2.45) is 10.8 Å². The summed E-state index contributed by atoms with van der Waals surface area (Å²) >= 11 is 0. The normalized spacial score (nSPS) is 17.9. The molecule has 2 amide bonds. The van der Waals surface area contributed by atoms with Crippen LogP contribution >= 0.6 is 0 Å². The second-order valence-electron chi connectivity index (χ2n) is 16.8. The Kier molecular flexibility index (Phi) is 17.9. The molecule has 2 aromatic carbocycles. The van der Waals surface area contributed by atoms with E-state index in [1.54, 1.807) is 42.5 Å². The van der Waals surface area contributed by atoms with Gasteiger partial charge in [-0.25, -0.2) is 0 Å². The van der Waals surface area contributed by atoms with E-state index in [2.05, 4.69) is 76.5 Å². The highest BCUT2D eigenvalue weighted by atomic mass is 16.3. The van der Waals surface area contributed by atoms with Crippen LogP contribution < -0.4 is 10.6 Å². The quantitative estimate of drug-likeness (QED) is 0.0970.